The number of amides is 1. The molecule has 5 rings (SSSR count). The van der Waals surface area contributed by atoms with E-state index in [2.05, 4.69) is 30.6 Å². The molecule has 0 aliphatic carbocycles. The fourth-order valence-corrected chi connectivity index (χ4v) is 4.18. The zero-order chi connectivity index (χ0) is 24.4. The molecule has 0 atom stereocenters. The van der Waals surface area contributed by atoms with Crippen molar-refractivity contribution in [1.82, 2.24) is 29.9 Å². The fourth-order valence-electron chi connectivity index (χ4n) is 3.91. The minimum absolute atomic E-state index is 0.00985. The first-order valence-corrected chi connectivity index (χ1v) is 11.4. The molecule has 1 aromatic carbocycles. The summed E-state index contributed by atoms with van der Waals surface area (Å²) in [7, 11) is 1.78. The number of fused-ring (bicyclic) bond motifs is 1. The number of carbonyl (C=O) groups is 1. The Morgan fingerprint density at radius 3 is 2.91 bits per heavy atom. The van der Waals surface area contributed by atoms with E-state index in [-0.39, 0.29) is 24.0 Å². The number of halogens is 1. The topological polar surface area (TPSA) is 144 Å². The van der Waals surface area contributed by atoms with Crippen LogP contribution < -0.4 is 5.32 Å². The number of aryl methyl sites for hydroxylation is 1. The third-order valence-electron chi connectivity index (χ3n) is 5.74. The summed E-state index contributed by atoms with van der Waals surface area (Å²) in [6, 6.07) is 7.34. The average molecular weight is 493 g/mol. The van der Waals surface area contributed by atoms with Crippen LogP contribution in [0.5, 0.6) is 0 Å². The number of nitrogens with one attached hydrogen (secondary N) is 2. The molecular weight excluding hydrogens is 472 g/mol. The van der Waals surface area contributed by atoms with Crippen LogP contribution in [0.1, 0.15) is 18.5 Å². The number of hydrogen-bond acceptors (Lipinski definition) is 8. The average Bonchev–Trinajstić information content (AvgIpc) is 3.52. The minimum atomic E-state index is -0.704. The van der Waals surface area contributed by atoms with Gasteiger partial charge in [-0.15, -0.1) is 0 Å². The van der Waals surface area contributed by atoms with Crippen LogP contribution in [0, 0.1) is 17.2 Å². The number of ether oxygens (including phenoxy) is 2. The summed E-state index contributed by atoms with van der Waals surface area (Å²) in [6.07, 6.45) is 4.37. The lowest BCUT2D eigenvalue weighted by Crippen LogP contribution is -2.24. The van der Waals surface area contributed by atoms with Crippen LogP contribution in [0.2, 0.25) is 5.02 Å². The molecule has 1 fully saturated rings. The molecule has 1 aliphatic rings. The second-order valence-electron chi connectivity index (χ2n) is 8.18. The van der Waals surface area contributed by atoms with Gasteiger partial charge in [0, 0.05) is 37.4 Å². The summed E-state index contributed by atoms with van der Waals surface area (Å²) in [4.78, 5) is 21.6. The normalized spacial score (nSPS) is 14.1. The molecule has 2 N–H and O–H groups in total. The Morgan fingerprint density at radius 1 is 1.34 bits per heavy atom. The number of hydrogen-bond donors (Lipinski definition) is 2. The Labute approximate surface area is 205 Å². The molecule has 0 bridgehead atoms. The number of aromatic amines is 1. The predicted octanol–water partition coefficient (Wildman–Crippen LogP) is 3.92. The van der Waals surface area contributed by atoms with E-state index in [1.165, 1.54) is 0 Å². The monoisotopic (exact) mass is 492 g/mol. The standard InChI is InChI=1S/C23H21ClN8O3/c1-32-5-2-17(31-32)21-20(14-8-15-11-26-30-19(15)16(24)9-14)27-18(10-25)22(28-21)29-23(33)35-12-13-3-6-34-7-4-13/h2,5,8-9,11,13H,3-4,6-7,12H2,1H3,(H,26,30)(H,28,29,33). The summed E-state index contributed by atoms with van der Waals surface area (Å²) in [6.45, 7) is 1.57. The molecule has 12 heteroatoms. The Bertz CT molecular complexity index is 1430. The summed E-state index contributed by atoms with van der Waals surface area (Å²) in [5, 5.41) is 24.9. The highest BCUT2D eigenvalue weighted by Crippen LogP contribution is 2.34. The van der Waals surface area contributed by atoms with E-state index in [0.29, 0.717) is 46.4 Å². The van der Waals surface area contributed by atoms with Crippen molar-refractivity contribution in [2.45, 2.75) is 12.8 Å². The predicted molar refractivity (Wildman–Crippen MR) is 128 cm³/mol. The highest BCUT2D eigenvalue weighted by atomic mass is 35.5. The molecule has 0 unspecified atom stereocenters. The molecule has 0 radical (unpaired) electrons. The Hall–Kier alpha value is -4.01. The molecule has 35 heavy (non-hydrogen) atoms. The maximum Gasteiger partial charge on any atom is 0.412 e. The summed E-state index contributed by atoms with van der Waals surface area (Å²) >= 11 is 6.44. The van der Waals surface area contributed by atoms with E-state index in [9.17, 15) is 10.1 Å². The molecule has 1 aliphatic heterocycles. The second kappa shape index (κ2) is 9.69. The largest absolute Gasteiger partial charge is 0.449 e. The van der Waals surface area contributed by atoms with Gasteiger partial charge in [0.2, 0.25) is 0 Å². The van der Waals surface area contributed by atoms with Gasteiger partial charge in [-0.25, -0.2) is 14.8 Å². The van der Waals surface area contributed by atoms with Crippen LogP contribution in [0.15, 0.2) is 30.6 Å². The van der Waals surface area contributed by atoms with Crippen molar-refractivity contribution in [3.8, 4) is 28.7 Å². The number of nitriles is 1. The van der Waals surface area contributed by atoms with Crippen molar-refractivity contribution in [3.63, 3.8) is 0 Å². The maximum atomic E-state index is 12.5. The number of benzene rings is 1. The molecule has 0 saturated carbocycles. The van der Waals surface area contributed by atoms with Crippen LogP contribution >= 0.6 is 11.6 Å². The molecule has 4 heterocycles. The highest BCUT2D eigenvalue weighted by Gasteiger charge is 2.22. The number of aromatic nitrogens is 6. The van der Waals surface area contributed by atoms with E-state index in [1.807, 2.05) is 12.1 Å². The number of rotatable bonds is 5. The number of H-pyrrole nitrogens is 1. The second-order valence-corrected chi connectivity index (χ2v) is 8.58. The Morgan fingerprint density at radius 2 is 2.17 bits per heavy atom. The number of nitrogens with zero attached hydrogens (tertiary/aromatic N) is 6. The van der Waals surface area contributed by atoms with E-state index in [1.54, 1.807) is 36.3 Å². The van der Waals surface area contributed by atoms with Crippen LogP contribution in [0.4, 0.5) is 10.6 Å². The van der Waals surface area contributed by atoms with Crippen LogP contribution in [-0.4, -0.2) is 55.9 Å². The molecule has 4 aromatic rings. The van der Waals surface area contributed by atoms with Gasteiger partial charge in [0.15, 0.2) is 11.5 Å². The maximum absolute atomic E-state index is 12.5. The van der Waals surface area contributed by atoms with Crippen molar-refractivity contribution in [2.75, 3.05) is 25.1 Å². The summed E-state index contributed by atoms with van der Waals surface area (Å²) in [5.74, 6) is 0.231. The SMILES string of the molecule is Cn1ccc(-c2nc(NC(=O)OCC3CCOCC3)c(C#N)nc2-c2cc(Cl)c3[nH]ncc3c2)n1. The quantitative estimate of drug-likeness (QED) is 0.426. The lowest BCUT2D eigenvalue weighted by Gasteiger charge is -2.21. The fraction of sp³-hybridized carbons (Fsp3) is 0.304. The van der Waals surface area contributed by atoms with Gasteiger partial charge >= 0.3 is 6.09 Å². The molecule has 0 spiro atoms. The smallest absolute Gasteiger partial charge is 0.412 e. The first kappa shape index (κ1) is 22.8. The van der Waals surface area contributed by atoms with Crippen LogP contribution in [-0.2, 0) is 16.5 Å². The van der Waals surface area contributed by atoms with Crippen molar-refractivity contribution < 1.29 is 14.3 Å². The van der Waals surface area contributed by atoms with E-state index in [0.717, 1.165) is 18.2 Å². The Kier molecular flexibility index (Phi) is 6.31. The Balaban J connectivity index is 1.51. The van der Waals surface area contributed by atoms with Crippen LogP contribution in [0.3, 0.4) is 0 Å². The lowest BCUT2D eigenvalue weighted by molar-refractivity contribution is 0.0405. The van der Waals surface area contributed by atoms with Gasteiger partial charge in [0.25, 0.3) is 0 Å². The summed E-state index contributed by atoms with van der Waals surface area (Å²) < 4.78 is 12.3. The van der Waals surface area contributed by atoms with Crippen molar-refractivity contribution in [2.24, 2.45) is 13.0 Å². The van der Waals surface area contributed by atoms with Gasteiger partial charge in [-0.3, -0.25) is 15.1 Å². The molecule has 1 amide bonds. The molecule has 178 valence electrons. The third-order valence-corrected chi connectivity index (χ3v) is 6.04. The van der Waals surface area contributed by atoms with Crippen molar-refractivity contribution in [1.29, 1.82) is 5.26 Å². The molecule has 11 nitrogen and oxygen atoms in total. The minimum Gasteiger partial charge on any atom is -0.449 e. The van der Waals surface area contributed by atoms with Gasteiger partial charge in [-0.1, -0.05) is 11.6 Å². The van der Waals surface area contributed by atoms with E-state index < -0.39 is 6.09 Å². The van der Waals surface area contributed by atoms with Crippen molar-refractivity contribution >= 4 is 34.4 Å². The van der Waals surface area contributed by atoms with Gasteiger partial charge < -0.3 is 9.47 Å². The van der Waals surface area contributed by atoms with Gasteiger partial charge in [0.05, 0.1) is 23.3 Å². The zero-order valence-corrected chi connectivity index (χ0v) is 19.5. The first-order chi connectivity index (χ1) is 17.0. The zero-order valence-electron chi connectivity index (χ0n) is 18.8. The molecular formula is C23H21ClN8O3. The van der Waals surface area contributed by atoms with Crippen molar-refractivity contribution in [3.05, 3.63) is 41.3 Å². The summed E-state index contributed by atoms with van der Waals surface area (Å²) in [5.41, 5.74) is 2.54. The third kappa shape index (κ3) is 4.80. The highest BCUT2D eigenvalue weighted by molar-refractivity contribution is 6.35. The van der Waals surface area contributed by atoms with Gasteiger partial charge in [0.1, 0.15) is 23.2 Å². The first-order valence-electron chi connectivity index (χ1n) is 11.0. The lowest BCUT2D eigenvalue weighted by atomic mass is 10.0. The molecule has 3 aromatic heterocycles. The number of carbonyl (C=O) groups excluding carboxylic acids is 1. The van der Waals surface area contributed by atoms with Crippen LogP contribution in [0.25, 0.3) is 33.5 Å². The van der Waals surface area contributed by atoms with E-state index >= 15 is 0 Å². The van der Waals surface area contributed by atoms with E-state index in [4.69, 9.17) is 21.1 Å². The molecule has 1 saturated heterocycles. The number of anilines is 1. The van der Waals surface area contributed by atoms with Gasteiger partial charge in [-0.2, -0.15) is 15.5 Å². The van der Waals surface area contributed by atoms with Gasteiger partial charge in [-0.05, 0) is 37.0 Å².